The van der Waals surface area contributed by atoms with Gasteiger partial charge in [-0.05, 0) is 12.1 Å². The third kappa shape index (κ3) is 2.78. The number of hydrogen-bond donors (Lipinski definition) is 2. The highest BCUT2D eigenvalue weighted by Crippen LogP contribution is 2.25. The van der Waals surface area contributed by atoms with Gasteiger partial charge in [-0.1, -0.05) is 6.07 Å². The minimum atomic E-state index is -0.943. The topological polar surface area (TPSA) is 71.5 Å². The number of nitrogens with zero attached hydrogens (tertiary/aromatic N) is 1. The van der Waals surface area contributed by atoms with Crippen LogP contribution in [0.1, 0.15) is 10.9 Å². The van der Waals surface area contributed by atoms with Gasteiger partial charge in [0.1, 0.15) is 5.75 Å². The van der Waals surface area contributed by atoms with E-state index in [4.69, 9.17) is 4.74 Å². The Bertz CT molecular complexity index is 528. The van der Waals surface area contributed by atoms with Gasteiger partial charge in [-0.3, -0.25) is 4.98 Å². The van der Waals surface area contributed by atoms with E-state index in [9.17, 15) is 9.90 Å². The Kier molecular flexibility index (Phi) is 3.78. The van der Waals surface area contributed by atoms with E-state index in [2.05, 4.69) is 10.3 Å². The Morgan fingerprint density at radius 3 is 3.00 bits per heavy atom. The lowest BCUT2D eigenvalue weighted by Gasteiger charge is -2.14. The Morgan fingerprint density at radius 2 is 2.39 bits per heavy atom. The number of aromatic nitrogens is 1. The van der Waals surface area contributed by atoms with Crippen molar-refractivity contribution in [3.8, 4) is 5.75 Å². The maximum atomic E-state index is 11.2. The molecule has 0 aliphatic rings. The molecule has 94 valence electrons. The Labute approximate surface area is 108 Å². The van der Waals surface area contributed by atoms with E-state index in [1.807, 2.05) is 0 Å². The number of nitrogens with one attached hydrogen (secondary N) is 1. The second-order valence-corrected chi connectivity index (χ2v) is 4.47. The lowest BCUT2D eigenvalue weighted by molar-refractivity contribution is -0.138. The summed E-state index contributed by atoms with van der Waals surface area (Å²) in [6.07, 6.45) is 1.55. The van der Waals surface area contributed by atoms with Crippen molar-refractivity contribution in [3.63, 3.8) is 0 Å². The van der Waals surface area contributed by atoms with Crippen LogP contribution in [0.15, 0.2) is 36.0 Å². The molecule has 0 spiro atoms. The summed E-state index contributed by atoms with van der Waals surface area (Å²) < 4.78 is 5.09. The first-order chi connectivity index (χ1) is 8.70. The van der Waals surface area contributed by atoms with Gasteiger partial charge in [0.15, 0.2) is 6.04 Å². The zero-order valence-electron chi connectivity index (χ0n) is 9.66. The molecule has 0 amide bonds. The Morgan fingerprint density at radius 1 is 1.56 bits per heavy atom. The number of thiazole rings is 1. The third-order valence-corrected chi connectivity index (χ3v) is 3.20. The predicted octanol–water partition coefficient (Wildman–Crippen LogP) is 2.39. The van der Waals surface area contributed by atoms with Crippen LogP contribution < -0.4 is 10.1 Å². The molecule has 1 aromatic carbocycles. The van der Waals surface area contributed by atoms with Crippen molar-refractivity contribution in [2.24, 2.45) is 0 Å². The van der Waals surface area contributed by atoms with Gasteiger partial charge in [0.05, 0.1) is 17.5 Å². The smallest absolute Gasteiger partial charge is 0.331 e. The number of carbonyl (C=O) groups is 1. The summed E-state index contributed by atoms with van der Waals surface area (Å²) in [4.78, 5) is 15.8. The average molecular weight is 264 g/mol. The summed E-state index contributed by atoms with van der Waals surface area (Å²) >= 11 is 1.30. The number of carboxylic acids is 1. The fraction of sp³-hybridized carbons (Fsp3) is 0.167. The van der Waals surface area contributed by atoms with Crippen molar-refractivity contribution >= 4 is 23.0 Å². The number of hydrogen-bond acceptors (Lipinski definition) is 5. The lowest BCUT2D eigenvalue weighted by atomic mass is 10.2. The van der Waals surface area contributed by atoms with Gasteiger partial charge in [-0.15, -0.1) is 11.3 Å². The van der Waals surface area contributed by atoms with E-state index in [0.29, 0.717) is 16.3 Å². The zero-order chi connectivity index (χ0) is 13.0. The molecular weight excluding hydrogens is 252 g/mol. The Hall–Kier alpha value is -2.08. The molecule has 1 aromatic heterocycles. The minimum absolute atomic E-state index is 0.658. The van der Waals surface area contributed by atoms with E-state index >= 15 is 0 Å². The SMILES string of the molecule is COc1cccc(NC(C(=O)O)c2cncs2)c1. The van der Waals surface area contributed by atoms with Crippen molar-refractivity contribution in [2.75, 3.05) is 12.4 Å². The molecule has 0 aliphatic heterocycles. The van der Waals surface area contributed by atoms with Crippen molar-refractivity contribution in [1.82, 2.24) is 4.98 Å². The van der Waals surface area contributed by atoms with E-state index in [0.717, 1.165) is 0 Å². The predicted molar refractivity (Wildman–Crippen MR) is 69.1 cm³/mol. The van der Waals surface area contributed by atoms with E-state index < -0.39 is 12.0 Å². The molecule has 2 aromatic rings. The van der Waals surface area contributed by atoms with Gasteiger partial charge in [0.25, 0.3) is 0 Å². The highest BCUT2D eigenvalue weighted by atomic mass is 32.1. The molecule has 1 unspecified atom stereocenters. The van der Waals surface area contributed by atoms with E-state index in [-0.39, 0.29) is 0 Å². The van der Waals surface area contributed by atoms with Crippen LogP contribution in [-0.2, 0) is 4.79 Å². The molecule has 18 heavy (non-hydrogen) atoms. The number of methoxy groups -OCH3 is 1. The van der Waals surface area contributed by atoms with Gasteiger partial charge >= 0.3 is 5.97 Å². The standard InChI is InChI=1S/C12H12N2O3S/c1-17-9-4-2-3-8(5-9)14-11(12(15)16)10-6-13-7-18-10/h2-7,11,14H,1H3,(H,15,16). The summed E-state index contributed by atoms with van der Waals surface area (Å²) in [5, 5.41) is 12.2. The molecule has 0 bridgehead atoms. The van der Waals surface area contributed by atoms with Crippen LogP contribution >= 0.6 is 11.3 Å². The second-order valence-electron chi connectivity index (χ2n) is 3.55. The molecule has 2 rings (SSSR count). The van der Waals surface area contributed by atoms with Gasteiger partial charge in [-0.25, -0.2) is 4.79 Å². The van der Waals surface area contributed by atoms with Crippen LogP contribution in [0.4, 0.5) is 5.69 Å². The summed E-state index contributed by atoms with van der Waals surface area (Å²) in [5.41, 5.74) is 2.30. The second kappa shape index (κ2) is 5.50. The first-order valence-electron chi connectivity index (χ1n) is 5.22. The number of anilines is 1. The molecule has 6 heteroatoms. The Balaban J connectivity index is 2.21. The van der Waals surface area contributed by atoms with Crippen molar-refractivity contribution < 1.29 is 14.6 Å². The maximum Gasteiger partial charge on any atom is 0.331 e. The first-order valence-corrected chi connectivity index (χ1v) is 6.10. The van der Waals surface area contributed by atoms with Crippen LogP contribution in [-0.4, -0.2) is 23.2 Å². The monoisotopic (exact) mass is 264 g/mol. The van der Waals surface area contributed by atoms with E-state index in [1.165, 1.54) is 11.3 Å². The molecule has 0 fully saturated rings. The van der Waals surface area contributed by atoms with Crippen LogP contribution in [0, 0.1) is 0 Å². The zero-order valence-corrected chi connectivity index (χ0v) is 10.5. The van der Waals surface area contributed by atoms with Gasteiger partial charge < -0.3 is 15.2 Å². The molecule has 0 aliphatic carbocycles. The van der Waals surface area contributed by atoms with Crippen molar-refractivity contribution in [3.05, 3.63) is 40.8 Å². The number of ether oxygens (including phenoxy) is 1. The molecule has 0 saturated carbocycles. The summed E-state index contributed by atoms with van der Waals surface area (Å²) in [6, 6.07) is 6.33. The largest absolute Gasteiger partial charge is 0.497 e. The van der Waals surface area contributed by atoms with Crippen molar-refractivity contribution in [1.29, 1.82) is 0 Å². The van der Waals surface area contributed by atoms with E-state index in [1.54, 1.807) is 43.1 Å². The molecule has 1 heterocycles. The van der Waals surface area contributed by atoms with Crippen molar-refractivity contribution in [2.45, 2.75) is 6.04 Å². The molecule has 1 atom stereocenters. The highest BCUT2D eigenvalue weighted by Gasteiger charge is 2.21. The molecule has 0 radical (unpaired) electrons. The maximum absolute atomic E-state index is 11.2. The minimum Gasteiger partial charge on any atom is -0.497 e. The van der Waals surface area contributed by atoms with Crippen LogP contribution in [0.5, 0.6) is 5.75 Å². The molecule has 0 saturated heterocycles. The molecule has 5 nitrogen and oxygen atoms in total. The fourth-order valence-electron chi connectivity index (χ4n) is 1.50. The van der Waals surface area contributed by atoms with Gasteiger partial charge in [0, 0.05) is 18.0 Å². The summed E-state index contributed by atoms with van der Waals surface area (Å²) in [5.74, 6) is -0.268. The number of rotatable bonds is 5. The normalized spacial score (nSPS) is 11.8. The first kappa shape index (κ1) is 12.4. The third-order valence-electron chi connectivity index (χ3n) is 2.36. The molecule has 2 N–H and O–H groups in total. The van der Waals surface area contributed by atoms with Crippen LogP contribution in [0.3, 0.4) is 0 Å². The lowest BCUT2D eigenvalue weighted by Crippen LogP contribution is -2.19. The van der Waals surface area contributed by atoms with Crippen LogP contribution in [0.25, 0.3) is 0 Å². The van der Waals surface area contributed by atoms with Gasteiger partial charge in [0.2, 0.25) is 0 Å². The average Bonchev–Trinajstić information content (AvgIpc) is 2.89. The quantitative estimate of drug-likeness (QED) is 0.867. The highest BCUT2D eigenvalue weighted by molar-refractivity contribution is 7.09. The number of aliphatic carboxylic acids is 1. The summed E-state index contributed by atoms with van der Waals surface area (Å²) in [6.45, 7) is 0. The van der Waals surface area contributed by atoms with Crippen LogP contribution in [0.2, 0.25) is 0 Å². The number of benzene rings is 1. The van der Waals surface area contributed by atoms with Gasteiger partial charge in [-0.2, -0.15) is 0 Å². The molecular formula is C12H12N2O3S. The summed E-state index contributed by atoms with van der Waals surface area (Å²) in [7, 11) is 1.57. The fourth-order valence-corrected chi connectivity index (χ4v) is 2.16. The number of carboxylic acid groups (broad SMARTS) is 1.